The summed E-state index contributed by atoms with van der Waals surface area (Å²) in [5.74, 6) is 0.901. The van der Waals surface area contributed by atoms with Crippen molar-refractivity contribution in [3.8, 4) is 5.75 Å². The molecule has 0 N–H and O–H groups in total. The first-order chi connectivity index (χ1) is 10.8. The standard InChI is InChI=1S/C20H23NO/c1-3-13-21(14-4-2)16-19-11-8-12-20(15-19)22-17-18-9-6-5-7-10-18/h3-12,15H,1-2,13-14,16-17H2. The summed E-state index contributed by atoms with van der Waals surface area (Å²) in [5, 5.41) is 0. The van der Waals surface area contributed by atoms with Crippen LogP contribution in [0.4, 0.5) is 0 Å². The summed E-state index contributed by atoms with van der Waals surface area (Å²) >= 11 is 0. The molecule has 114 valence electrons. The third-order valence-corrected chi connectivity index (χ3v) is 3.33. The first kappa shape index (κ1) is 16.1. The molecule has 2 rings (SSSR count). The monoisotopic (exact) mass is 293 g/mol. The van der Waals surface area contributed by atoms with Crippen LogP contribution in [-0.2, 0) is 13.2 Å². The van der Waals surface area contributed by atoms with Crippen molar-refractivity contribution in [2.24, 2.45) is 0 Å². The summed E-state index contributed by atoms with van der Waals surface area (Å²) in [5.41, 5.74) is 2.40. The van der Waals surface area contributed by atoms with Crippen LogP contribution < -0.4 is 4.74 Å². The quantitative estimate of drug-likeness (QED) is 0.634. The second kappa shape index (κ2) is 8.85. The minimum Gasteiger partial charge on any atom is -0.489 e. The Morgan fingerprint density at radius 2 is 1.55 bits per heavy atom. The second-order valence-corrected chi connectivity index (χ2v) is 5.19. The largest absolute Gasteiger partial charge is 0.489 e. The molecular weight excluding hydrogens is 270 g/mol. The molecule has 2 aromatic carbocycles. The molecule has 0 atom stereocenters. The van der Waals surface area contributed by atoms with Crippen molar-refractivity contribution in [3.05, 3.63) is 91.0 Å². The van der Waals surface area contributed by atoms with Gasteiger partial charge in [0.2, 0.25) is 0 Å². The minimum absolute atomic E-state index is 0.591. The van der Waals surface area contributed by atoms with Crippen molar-refractivity contribution >= 4 is 0 Å². The van der Waals surface area contributed by atoms with Gasteiger partial charge in [0.25, 0.3) is 0 Å². The van der Waals surface area contributed by atoms with Crippen molar-refractivity contribution in [1.82, 2.24) is 4.90 Å². The van der Waals surface area contributed by atoms with Crippen LogP contribution >= 0.6 is 0 Å². The maximum absolute atomic E-state index is 5.88. The number of rotatable bonds is 9. The molecule has 2 nitrogen and oxygen atoms in total. The molecule has 0 aliphatic rings. The number of ether oxygens (including phenoxy) is 1. The molecule has 0 aliphatic heterocycles. The maximum atomic E-state index is 5.88. The van der Waals surface area contributed by atoms with Crippen LogP contribution in [0, 0.1) is 0 Å². The molecule has 2 aromatic rings. The molecule has 0 bridgehead atoms. The van der Waals surface area contributed by atoms with E-state index in [2.05, 4.69) is 42.3 Å². The van der Waals surface area contributed by atoms with Gasteiger partial charge in [-0.3, -0.25) is 4.90 Å². The Morgan fingerprint density at radius 1 is 0.864 bits per heavy atom. The van der Waals surface area contributed by atoms with E-state index >= 15 is 0 Å². The average Bonchev–Trinajstić information content (AvgIpc) is 2.55. The zero-order chi connectivity index (χ0) is 15.6. The van der Waals surface area contributed by atoms with Crippen LogP contribution in [-0.4, -0.2) is 18.0 Å². The number of hydrogen-bond acceptors (Lipinski definition) is 2. The summed E-state index contributed by atoms with van der Waals surface area (Å²) in [7, 11) is 0. The maximum Gasteiger partial charge on any atom is 0.120 e. The van der Waals surface area contributed by atoms with Gasteiger partial charge in [-0.2, -0.15) is 0 Å². The van der Waals surface area contributed by atoms with Gasteiger partial charge in [-0.25, -0.2) is 0 Å². The normalized spacial score (nSPS) is 10.4. The highest BCUT2D eigenvalue weighted by Crippen LogP contribution is 2.16. The molecule has 0 aromatic heterocycles. The summed E-state index contributed by atoms with van der Waals surface area (Å²) in [6, 6.07) is 18.5. The van der Waals surface area contributed by atoms with Crippen molar-refractivity contribution in [3.63, 3.8) is 0 Å². The number of nitrogens with zero attached hydrogens (tertiary/aromatic N) is 1. The summed E-state index contributed by atoms with van der Waals surface area (Å²) in [6.45, 7) is 10.8. The molecule has 0 saturated carbocycles. The molecule has 0 fully saturated rings. The van der Waals surface area contributed by atoms with Crippen LogP contribution in [0.5, 0.6) is 5.75 Å². The Morgan fingerprint density at radius 3 is 2.23 bits per heavy atom. The lowest BCUT2D eigenvalue weighted by atomic mass is 10.2. The summed E-state index contributed by atoms with van der Waals surface area (Å²) < 4.78 is 5.88. The summed E-state index contributed by atoms with van der Waals surface area (Å²) in [6.07, 6.45) is 3.83. The molecule has 22 heavy (non-hydrogen) atoms. The van der Waals surface area contributed by atoms with Crippen molar-refractivity contribution in [2.75, 3.05) is 13.1 Å². The molecule has 0 unspecified atom stereocenters. The SMILES string of the molecule is C=CCN(CC=C)Cc1cccc(OCc2ccccc2)c1. The van der Waals surface area contributed by atoms with E-state index in [1.54, 1.807) is 0 Å². The molecule has 2 heteroatoms. The highest BCUT2D eigenvalue weighted by molar-refractivity contribution is 5.29. The van der Waals surface area contributed by atoms with E-state index in [0.717, 1.165) is 25.4 Å². The number of benzene rings is 2. The Kier molecular flexibility index (Phi) is 6.46. The minimum atomic E-state index is 0.591. The third kappa shape index (κ3) is 5.23. The molecule has 0 aliphatic carbocycles. The predicted molar refractivity (Wildman–Crippen MR) is 92.9 cm³/mol. The van der Waals surface area contributed by atoms with Gasteiger partial charge >= 0.3 is 0 Å². The van der Waals surface area contributed by atoms with Gasteiger partial charge in [0.15, 0.2) is 0 Å². The molecule has 0 saturated heterocycles. The van der Waals surface area contributed by atoms with E-state index in [1.165, 1.54) is 11.1 Å². The van der Waals surface area contributed by atoms with Crippen LogP contribution in [0.15, 0.2) is 79.9 Å². The van der Waals surface area contributed by atoms with Crippen molar-refractivity contribution in [1.29, 1.82) is 0 Å². The lowest BCUT2D eigenvalue weighted by Crippen LogP contribution is -2.23. The smallest absolute Gasteiger partial charge is 0.120 e. The Bertz CT molecular complexity index is 582. The van der Waals surface area contributed by atoms with Gasteiger partial charge in [0.05, 0.1) is 0 Å². The zero-order valence-electron chi connectivity index (χ0n) is 12.9. The van der Waals surface area contributed by atoms with Gasteiger partial charge in [0, 0.05) is 19.6 Å². The Balaban J connectivity index is 1.96. The van der Waals surface area contributed by atoms with E-state index in [4.69, 9.17) is 4.74 Å². The zero-order valence-corrected chi connectivity index (χ0v) is 12.9. The predicted octanol–water partition coefficient (Wildman–Crippen LogP) is 4.44. The molecular formula is C20H23NO. The van der Waals surface area contributed by atoms with E-state index in [1.807, 2.05) is 42.5 Å². The summed E-state index contributed by atoms with van der Waals surface area (Å²) in [4.78, 5) is 2.27. The van der Waals surface area contributed by atoms with Gasteiger partial charge in [-0.1, -0.05) is 54.6 Å². The van der Waals surface area contributed by atoms with Crippen LogP contribution in [0.2, 0.25) is 0 Å². The van der Waals surface area contributed by atoms with E-state index in [-0.39, 0.29) is 0 Å². The molecule has 0 amide bonds. The van der Waals surface area contributed by atoms with E-state index in [9.17, 15) is 0 Å². The van der Waals surface area contributed by atoms with Crippen molar-refractivity contribution < 1.29 is 4.74 Å². The second-order valence-electron chi connectivity index (χ2n) is 5.19. The molecule has 0 heterocycles. The van der Waals surface area contributed by atoms with Crippen molar-refractivity contribution in [2.45, 2.75) is 13.2 Å². The molecule has 0 spiro atoms. The van der Waals surface area contributed by atoms with Crippen LogP contribution in [0.25, 0.3) is 0 Å². The van der Waals surface area contributed by atoms with Gasteiger partial charge in [-0.05, 0) is 23.3 Å². The van der Waals surface area contributed by atoms with Crippen LogP contribution in [0.3, 0.4) is 0 Å². The van der Waals surface area contributed by atoms with Gasteiger partial charge < -0.3 is 4.74 Å². The fourth-order valence-electron chi connectivity index (χ4n) is 2.30. The Labute approximate surface area is 133 Å². The lowest BCUT2D eigenvalue weighted by Gasteiger charge is -2.19. The van der Waals surface area contributed by atoms with E-state index < -0.39 is 0 Å². The third-order valence-electron chi connectivity index (χ3n) is 3.33. The molecule has 0 radical (unpaired) electrons. The van der Waals surface area contributed by atoms with Gasteiger partial charge in [0.1, 0.15) is 12.4 Å². The highest BCUT2D eigenvalue weighted by Gasteiger charge is 2.04. The fraction of sp³-hybridized carbons (Fsp3) is 0.200. The topological polar surface area (TPSA) is 12.5 Å². The fourth-order valence-corrected chi connectivity index (χ4v) is 2.30. The lowest BCUT2D eigenvalue weighted by molar-refractivity contribution is 0.302. The first-order valence-electron chi connectivity index (χ1n) is 7.51. The highest BCUT2D eigenvalue weighted by atomic mass is 16.5. The van der Waals surface area contributed by atoms with Crippen LogP contribution in [0.1, 0.15) is 11.1 Å². The number of hydrogen-bond donors (Lipinski definition) is 0. The first-order valence-corrected chi connectivity index (χ1v) is 7.51. The average molecular weight is 293 g/mol. The Hall–Kier alpha value is -2.32. The van der Waals surface area contributed by atoms with Gasteiger partial charge in [-0.15, -0.1) is 13.2 Å². The van der Waals surface area contributed by atoms with E-state index in [0.29, 0.717) is 6.61 Å².